The molecule has 150 valence electrons. The third-order valence-corrected chi connectivity index (χ3v) is 5.54. The Morgan fingerprint density at radius 2 is 1.97 bits per heavy atom. The van der Waals surface area contributed by atoms with Gasteiger partial charge >= 0.3 is 0 Å². The second-order valence-electron chi connectivity index (χ2n) is 7.00. The molecule has 29 heavy (non-hydrogen) atoms. The maximum absolute atomic E-state index is 13.0. The second-order valence-corrected chi connectivity index (χ2v) is 7.44. The molecule has 0 spiro atoms. The highest BCUT2D eigenvalue weighted by Gasteiger charge is 2.29. The zero-order valence-electron chi connectivity index (χ0n) is 15.6. The maximum Gasteiger partial charge on any atom is 0.273 e. The van der Waals surface area contributed by atoms with Crippen LogP contribution < -0.4 is 0 Å². The number of hydrogen-bond acceptors (Lipinski definition) is 4. The van der Waals surface area contributed by atoms with Crippen LogP contribution in [0.3, 0.4) is 0 Å². The molecular weight excluding hydrogens is 394 g/mol. The van der Waals surface area contributed by atoms with Gasteiger partial charge in [-0.05, 0) is 23.8 Å². The lowest BCUT2D eigenvalue weighted by molar-refractivity contribution is -0.385. The zero-order valence-corrected chi connectivity index (χ0v) is 16.4. The maximum atomic E-state index is 13.0. The van der Waals surface area contributed by atoms with Crippen molar-refractivity contribution in [2.75, 3.05) is 26.3 Å². The van der Waals surface area contributed by atoms with Crippen LogP contribution in [0.25, 0.3) is 10.9 Å². The molecule has 2 heterocycles. The van der Waals surface area contributed by atoms with Gasteiger partial charge in [0.25, 0.3) is 5.69 Å². The molecule has 8 heteroatoms. The Morgan fingerprint density at radius 3 is 2.72 bits per heavy atom. The Morgan fingerprint density at radius 1 is 1.21 bits per heavy atom. The van der Waals surface area contributed by atoms with E-state index in [4.69, 9.17) is 16.3 Å². The first-order valence-electron chi connectivity index (χ1n) is 9.40. The predicted molar refractivity (Wildman–Crippen MR) is 110 cm³/mol. The van der Waals surface area contributed by atoms with Crippen molar-refractivity contribution in [3.8, 4) is 0 Å². The Hall–Kier alpha value is -2.90. The summed E-state index contributed by atoms with van der Waals surface area (Å²) >= 11 is 6.20. The molecule has 1 atom stereocenters. The van der Waals surface area contributed by atoms with Crippen molar-refractivity contribution < 1.29 is 14.5 Å². The van der Waals surface area contributed by atoms with Gasteiger partial charge in [0.05, 0.1) is 18.1 Å². The molecule has 1 aliphatic rings. The normalized spacial score (nSPS) is 15.4. The highest BCUT2D eigenvalue weighted by molar-refractivity contribution is 6.31. The smallest absolute Gasteiger partial charge is 0.273 e. The number of aromatic nitrogens is 1. The Balaban J connectivity index is 1.80. The summed E-state index contributed by atoms with van der Waals surface area (Å²) in [4.78, 5) is 29.2. The van der Waals surface area contributed by atoms with E-state index in [1.807, 2.05) is 18.3 Å². The number of nitrogens with zero attached hydrogens (tertiary/aromatic N) is 2. The van der Waals surface area contributed by atoms with Gasteiger partial charge in [0.2, 0.25) is 5.91 Å². The predicted octanol–water partition coefficient (Wildman–Crippen LogP) is 4.11. The van der Waals surface area contributed by atoms with E-state index >= 15 is 0 Å². The van der Waals surface area contributed by atoms with Crippen LogP contribution >= 0.6 is 11.6 Å². The molecule has 0 unspecified atom stereocenters. The van der Waals surface area contributed by atoms with Gasteiger partial charge in [0.15, 0.2) is 0 Å². The molecule has 1 fully saturated rings. The Bertz CT molecular complexity index is 1060. The van der Waals surface area contributed by atoms with Crippen molar-refractivity contribution in [3.63, 3.8) is 0 Å². The third-order valence-electron chi connectivity index (χ3n) is 5.30. The van der Waals surface area contributed by atoms with Crippen molar-refractivity contribution in [3.05, 3.63) is 74.9 Å². The molecular formula is C21H20ClN3O4. The molecule has 0 saturated carbocycles. The zero-order chi connectivity index (χ0) is 20.4. The number of halogens is 1. The number of fused-ring (bicyclic) bond motifs is 1. The number of morpholine rings is 1. The standard InChI is InChI=1S/C21H20ClN3O4/c22-14-5-6-19-17(11-14)18(13-23-19)16(12-21(26)24-7-9-29-10-8-24)15-3-1-2-4-20(15)25(27)28/h1-6,11,13,16,23H,7-10,12H2/t16-/m1/s1. The van der Waals surface area contributed by atoms with Crippen LogP contribution in [-0.4, -0.2) is 47.0 Å². The lowest BCUT2D eigenvalue weighted by Crippen LogP contribution is -2.41. The highest BCUT2D eigenvalue weighted by atomic mass is 35.5. The van der Waals surface area contributed by atoms with E-state index in [1.165, 1.54) is 6.07 Å². The summed E-state index contributed by atoms with van der Waals surface area (Å²) in [5, 5.41) is 13.1. The van der Waals surface area contributed by atoms with Gasteiger partial charge in [-0.1, -0.05) is 29.8 Å². The molecule has 0 radical (unpaired) electrons. The summed E-state index contributed by atoms with van der Waals surface area (Å²) in [6, 6.07) is 12.1. The fourth-order valence-electron chi connectivity index (χ4n) is 3.86. The second kappa shape index (κ2) is 8.23. The quantitative estimate of drug-likeness (QED) is 0.503. The van der Waals surface area contributed by atoms with Gasteiger partial charge in [-0.15, -0.1) is 0 Å². The molecule has 1 aromatic heterocycles. The van der Waals surface area contributed by atoms with Crippen LogP contribution in [0.15, 0.2) is 48.7 Å². The van der Waals surface area contributed by atoms with Crippen molar-refractivity contribution in [1.29, 1.82) is 0 Å². The summed E-state index contributed by atoms with van der Waals surface area (Å²) in [5.41, 5.74) is 2.20. The summed E-state index contributed by atoms with van der Waals surface area (Å²) in [6.07, 6.45) is 1.94. The molecule has 4 rings (SSSR count). The number of rotatable bonds is 5. The summed E-state index contributed by atoms with van der Waals surface area (Å²) in [6.45, 7) is 2.07. The number of hydrogen-bond donors (Lipinski definition) is 1. The SMILES string of the molecule is O=C(C[C@H](c1ccccc1[N+](=O)[O-])c1c[nH]c2ccc(Cl)cc12)N1CCOCC1. The lowest BCUT2D eigenvalue weighted by atomic mass is 9.86. The van der Waals surface area contributed by atoms with Crippen molar-refractivity contribution in [1.82, 2.24) is 9.88 Å². The average Bonchev–Trinajstić information content (AvgIpc) is 3.15. The number of aromatic amines is 1. The van der Waals surface area contributed by atoms with E-state index in [1.54, 1.807) is 29.2 Å². The van der Waals surface area contributed by atoms with Gasteiger partial charge in [0.1, 0.15) is 0 Å². The first-order chi connectivity index (χ1) is 14.0. The van der Waals surface area contributed by atoms with Crippen molar-refractivity contribution >= 4 is 34.1 Å². The number of nitrogens with one attached hydrogen (secondary N) is 1. The summed E-state index contributed by atoms with van der Waals surface area (Å²) < 4.78 is 5.33. The van der Waals surface area contributed by atoms with E-state index in [0.29, 0.717) is 36.9 Å². The molecule has 1 amide bonds. The van der Waals surface area contributed by atoms with Gasteiger partial charge < -0.3 is 14.6 Å². The summed E-state index contributed by atoms with van der Waals surface area (Å²) in [5.74, 6) is -0.521. The van der Waals surface area contributed by atoms with E-state index < -0.39 is 10.8 Å². The number of carbonyl (C=O) groups is 1. The van der Waals surface area contributed by atoms with Gasteiger partial charge in [-0.2, -0.15) is 0 Å². The largest absolute Gasteiger partial charge is 0.378 e. The number of benzene rings is 2. The van der Waals surface area contributed by atoms with Crippen LogP contribution in [0.4, 0.5) is 5.69 Å². The molecule has 3 aromatic rings. The third kappa shape index (κ3) is 3.97. The number of ether oxygens (including phenoxy) is 1. The fourth-order valence-corrected chi connectivity index (χ4v) is 4.03. The van der Waals surface area contributed by atoms with Crippen molar-refractivity contribution in [2.24, 2.45) is 0 Å². The molecule has 1 N–H and O–H groups in total. The number of para-hydroxylation sites is 1. The number of H-pyrrole nitrogens is 1. The van der Waals surface area contributed by atoms with E-state index in [-0.39, 0.29) is 18.0 Å². The van der Waals surface area contributed by atoms with Crippen LogP contribution in [-0.2, 0) is 9.53 Å². The minimum atomic E-state index is -0.473. The Labute approximate surface area is 172 Å². The fraction of sp³-hybridized carbons (Fsp3) is 0.286. The van der Waals surface area contributed by atoms with Gasteiger partial charge in [-0.25, -0.2) is 0 Å². The van der Waals surface area contributed by atoms with Crippen molar-refractivity contribution in [2.45, 2.75) is 12.3 Å². The van der Waals surface area contributed by atoms with Crippen LogP contribution in [0.2, 0.25) is 5.02 Å². The topological polar surface area (TPSA) is 88.5 Å². The first kappa shape index (κ1) is 19.4. The monoisotopic (exact) mass is 413 g/mol. The summed E-state index contributed by atoms with van der Waals surface area (Å²) in [7, 11) is 0. The molecule has 1 aliphatic heterocycles. The number of nitro groups is 1. The molecule has 7 nitrogen and oxygen atoms in total. The number of amides is 1. The van der Waals surface area contributed by atoms with Gasteiger partial charge in [0, 0.05) is 59.2 Å². The van der Waals surface area contributed by atoms with Crippen LogP contribution in [0.5, 0.6) is 0 Å². The average molecular weight is 414 g/mol. The number of carbonyl (C=O) groups excluding carboxylic acids is 1. The molecule has 2 aromatic carbocycles. The lowest BCUT2D eigenvalue weighted by Gasteiger charge is -2.28. The van der Waals surface area contributed by atoms with Crippen LogP contribution in [0, 0.1) is 10.1 Å². The van der Waals surface area contributed by atoms with E-state index in [9.17, 15) is 14.9 Å². The minimum Gasteiger partial charge on any atom is -0.378 e. The molecule has 1 saturated heterocycles. The minimum absolute atomic E-state index is 0.00338. The Kier molecular flexibility index (Phi) is 5.51. The molecule has 0 bridgehead atoms. The number of nitro benzene ring substituents is 1. The van der Waals surface area contributed by atoms with Crippen LogP contribution in [0.1, 0.15) is 23.5 Å². The van der Waals surface area contributed by atoms with Gasteiger partial charge in [-0.3, -0.25) is 14.9 Å². The molecule has 0 aliphatic carbocycles. The highest BCUT2D eigenvalue weighted by Crippen LogP contribution is 2.38. The van der Waals surface area contributed by atoms with E-state index in [0.717, 1.165) is 16.5 Å². The first-order valence-corrected chi connectivity index (χ1v) is 9.78. The van der Waals surface area contributed by atoms with E-state index in [2.05, 4.69) is 4.98 Å².